The molecule has 0 spiro atoms. The molecule has 3 heterocycles. The summed E-state index contributed by atoms with van der Waals surface area (Å²) in [4.78, 5) is 6.78. The van der Waals surface area contributed by atoms with Gasteiger partial charge < -0.3 is 4.74 Å². The first-order valence-corrected chi connectivity index (χ1v) is 7.89. The van der Waals surface area contributed by atoms with Gasteiger partial charge in [-0.15, -0.1) is 0 Å². The maximum absolute atomic E-state index is 6.34. The van der Waals surface area contributed by atoms with Gasteiger partial charge in [0.05, 0.1) is 23.0 Å². The highest BCUT2D eigenvalue weighted by molar-refractivity contribution is 6.31. The molecule has 0 amide bonds. The second-order valence-electron chi connectivity index (χ2n) is 5.56. The SMILES string of the molecule is CCc1nc(C2CN(Cc3c(Cl)c(C)nn3C)CCO2)n[nH]1. The average molecular weight is 325 g/mol. The second kappa shape index (κ2) is 6.36. The summed E-state index contributed by atoms with van der Waals surface area (Å²) in [5.74, 6) is 1.62. The number of morpholine rings is 1. The Balaban J connectivity index is 1.70. The number of aromatic amines is 1. The molecule has 8 heteroatoms. The zero-order valence-electron chi connectivity index (χ0n) is 13.1. The Hall–Kier alpha value is -1.44. The predicted octanol–water partition coefficient (Wildman–Crippen LogP) is 1.64. The number of nitrogens with one attached hydrogen (secondary N) is 1. The Bertz CT molecular complexity index is 652. The van der Waals surface area contributed by atoms with Crippen molar-refractivity contribution < 1.29 is 4.74 Å². The largest absolute Gasteiger partial charge is 0.367 e. The van der Waals surface area contributed by atoms with E-state index in [1.807, 2.05) is 25.6 Å². The van der Waals surface area contributed by atoms with Crippen LogP contribution < -0.4 is 0 Å². The summed E-state index contributed by atoms with van der Waals surface area (Å²) in [6.45, 7) is 7.00. The van der Waals surface area contributed by atoms with E-state index >= 15 is 0 Å². The van der Waals surface area contributed by atoms with E-state index < -0.39 is 0 Å². The molecule has 1 fully saturated rings. The van der Waals surface area contributed by atoms with Crippen LogP contribution in [0.5, 0.6) is 0 Å². The molecule has 1 atom stereocenters. The lowest BCUT2D eigenvalue weighted by Crippen LogP contribution is -2.38. The van der Waals surface area contributed by atoms with E-state index in [0.717, 1.165) is 54.1 Å². The molecular weight excluding hydrogens is 304 g/mol. The Morgan fingerprint density at radius 2 is 2.27 bits per heavy atom. The Morgan fingerprint density at radius 1 is 1.45 bits per heavy atom. The molecule has 0 radical (unpaired) electrons. The van der Waals surface area contributed by atoms with Crippen molar-refractivity contribution >= 4 is 11.6 Å². The molecule has 0 saturated carbocycles. The fourth-order valence-corrected chi connectivity index (χ4v) is 2.90. The summed E-state index contributed by atoms with van der Waals surface area (Å²) in [6, 6.07) is 0. The second-order valence-corrected chi connectivity index (χ2v) is 5.94. The number of aryl methyl sites for hydroxylation is 3. The summed E-state index contributed by atoms with van der Waals surface area (Å²) < 4.78 is 7.66. The Morgan fingerprint density at radius 3 is 2.91 bits per heavy atom. The molecule has 0 bridgehead atoms. The first-order valence-electron chi connectivity index (χ1n) is 7.51. The number of rotatable bonds is 4. The molecular formula is C14H21ClN6O. The van der Waals surface area contributed by atoms with Crippen LogP contribution in [0.1, 0.15) is 36.1 Å². The van der Waals surface area contributed by atoms with Crippen LogP contribution in [0.15, 0.2) is 0 Å². The van der Waals surface area contributed by atoms with Crippen molar-refractivity contribution in [2.45, 2.75) is 32.9 Å². The van der Waals surface area contributed by atoms with Crippen molar-refractivity contribution in [3.63, 3.8) is 0 Å². The lowest BCUT2D eigenvalue weighted by molar-refractivity contribution is -0.0377. The minimum atomic E-state index is -0.0987. The van der Waals surface area contributed by atoms with E-state index in [9.17, 15) is 0 Å². The van der Waals surface area contributed by atoms with Crippen LogP contribution in [0.25, 0.3) is 0 Å². The van der Waals surface area contributed by atoms with E-state index in [2.05, 4.69) is 25.2 Å². The average Bonchev–Trinajstić information content (AvgIpc) is 3.09. The third-order valence-corrected chi connectivity index (χ3v) is 4.45. The van der Waals surface area contributed by atoms with Gasteiger partial charge in [-0.3, -0.25) is 14.7 Å². The fraction of sp³-hybridized carbons (Fsp3) is 0.643. The van der Waals surface area contributed by atoms with Crippen LogP contribution >= 0.6 is 11.6 Å². The van der Waals surface area contributed by atoms with Crippen LogP contribution in [0.4, 0.5) is 0 Å². The first-order chi connectivity index (χ1) is 10.6. The first kappa shape index (κ1) is 15.5. The highest BCUT2D eigenvalue weighted by Crippen LogP contribution is 2.24. The predicted molar refractivity (Wildman–Crippen MR) is 82.7 cm³/mol. The molecule has 2 aromatic rings. The van der Waals surface area contributed by atoms with Gasteiger partial charge >= 0.3 is 0 Å². The lowest BCUT2D eigenvalue weighted by Gasteiger charge is -2.31. The zero-order chi connectivity index (χ0) is 15.7. The summed E-state index contributed by atoms with van der Waals surface area (Å²) in [5, 5.41) is 12.3. The van der Waals surface area contributed by atoms with Crippen LogP contribution in [0, 0.1) is 6.92 Å². The molecule has 120 valence electrons. The molecule has 0 aliphatic carbocycles. The normalized spacial score (nSPS) is 19.7. The van der Waals surface area contributed by atoms with Gasteiger partial charge in [-0.05, 0) is 6.92 Å². The highest BCUT2D eigenvalue weighted by Gasteiger charge is 2.26. The van der Waals surface area contributed by atoms with Gasteiger partial charge in [-0.1, -0.05) is 18.5 Å². The summed E-state index contributed by atoms with van der Waals surface area (Å²) in [5.41, 5.74) is 1.90. The number of nitrogens with zero attached hydrogens (tertiary/aromatic N) is 5. The van der Waals surface area contributed by atoms with E-state index in [1.54, 1.807) is 0 Å². The number of hydrogen-bond donors (Lipinski definition) is 1. The van der Waals surface area contributed by atoms with Crippen molar-refractivity contribution in [2.24, 2.45) is 7.05 Å². The van der Waals surface area contributed by atoms with Gasteiger partial charge in [0.1, 0.15) is 11.9 Å². The number of ether oxygens (including phenoxy) is 1. The topological polar surface area (TPSA) is 71.9 Å². The molecule has 1 saturated heterocycles. The summed E-state index contributed by atoms with van der Waals surface area (Å²) in [7, 11) is 1.93. The summed E-state index contributed by atoms with van der Waals surface area (Å²) >= 11 is 6.34. The van der Waals surface area contributed by atoms with Crippen LogP contribution in [-0.4, -0.2) is 49.6 Å². The molecule has 0 aromatic carbocycles. The van der Waals surface area contributed by atoms with Crippen LogP contribution in [0.2, 0.25) is 5.02 Å². The van der Waals surface area contributed by atoms with Crippen molar-refractivity contribution in [3.05, 3.63) is 28.1 Å². The van der Waals surface area contributed by atoms with E-state index in [1.165, 1.54) is 0 Å². The Labute approximate surface area is 134 Å². The molecule has 7 nitrogen and oxygen atoms in total. The molecule has 1 aliphatic heterocycles. The minimum Gasteiger partial charge on any atom is -0.367 e. The van der Waals surface area contributed by atoms with E-state index in [4.69, 9.17) is 16.3 Å². The summed E-state index contributed by atoms with van der Waals surface area (Å²) in [6.07, 6.45) is 0.742. The van der Waals surface area contributed by atoms with Crippen molar-refractivity contribution in [1.29, 1.82) is 0 Å². The molecule has 1 aliphatic rings. The van der Waals surface area contributed by atoms with E-state index in [-0.39, 0.29) is 6.10 Å². The number of halogens is 1. The molecule has 1 N–H and O–H groups in total. The third-order valence-electron chi connectivity index (χ3n) is 3.96. The van der Waals surface area contributed by atoms with Gasteiger partial charge in [0.25, 0.3) is 0 Å². The third kappa shape index (κ3) is 3.02. The van der Waals surface area contributed by atoms with Crippen molar-refractivity contribution in [1.82, 2.24) is 29.9 Å². The molecule has 1 unspecified atom stereocenters. The molecule has 2 aromatic heterocycles. The zero-order valence-corrected chi connectivity index (χ0v) is 13.9. The van der Waals surface area contributed by atoms with Gasteiger partial charge in [-0.2, -0.15) is 10.2 Å². The lowest BCUT2D eigenvalue weighted by atomic mass is 10.2. The molecule has 22 heavy (non-hydrogen) atoms. The number of H-pyrrole nitrogens is 1. The smallest absolute Gasteiger partial charge is 0.180 e. The maximum atomic E-state index is 6.34. The number of aromatic nitrogens is 5. The van der Waals surface area contributed by atoms with Crippen molar-refractivity contribution in [2.75, 3.05) is 19.7 Å². The van der Waals surface area contributed by atoms with Crippen LogP contribution in [0.3, 0.4) is 0 Å². The van der Waals surface area contributed by atoms with Gasteiger partial charge in [0.15, 0.2) is 5.82 Å². The number of hydrogen-bond acceptors (Lipinski definition) is 5. The molecule has 3 rings (SSSR count). The van der Waals surface area contributed by atoms with Gasteiger partial charge in [-0.25, -0.2) is 4.98 Å². The Kier molecular flexibility index (Phi) is 4.46. The standard InChI is InChI=1S/C14H21ClN6O/c1-4-12-16-14(18-17-12)11-8-21(5-6-22-11)7-10-13(15)9(2)19-20(10)3/h11H,4-8H2,1-3H3,(H,16,17,18). The fourth-order valence-electron chi connectivity index (χ4n) is 2.68. The van der Waals surface area contributed by atoms with Gasteiger partial charge in [0, 0.05) is 33.1 Å². The van der Waals surface area contributed by atoms with E-state index in [0.29, 0.717) is 6.61 Å². The maximum Gasteiger partial charge on any atom is 0.180 e. The van der Waals surface area contributed by atoms with Crippen molar-refractivity contribution in [3.8, 4) is 0 Å². The highest BCUT2D eigenvalue weighted by atomic mass is 35.5. The monoisotopic (exact) mass is 324 g/mol. The quantitative estimate of drug-likeness (QED) is 0.925. The minimum absolute atomic E-state index is 0.0987. The van der Waals surface area contributed by atoms with Gasteiger partial charge in [0.2, 0.25) is 0 Å². The van der Waals surface area contributed by atoms with Crippen LogP contribution in [-0.2, 0) is 24.8 Å².